The first-order chi connectivity index (χ1) is 14.7. The lowest BCUT2D eigenvalue weighted by molar-refractivity contribution is -0.129. The number of H-pyrrole nitrogens is 1. The summed E-state index contributed by atoms with van der Waals surface area (Å²) in [6.45, 7) is 6.86. The first kappa shape index (κ1) is 23.5. The first-order valence-electron chi connectivity index (χ1n) is 10.3. The largest absolute Gasteiger partial charge is 0.339 e. The van der Waals surface area contributed by atoms with Crippen LogP contribution in [0.3, 0.4) is 0 Å². The lowest BCUT2D eigenvalue weighted by atomic mass is 10.2. The Morgan fingerprint density at radius 3 is 2.55 bits per heavy atom. The van der Waals surface area contributed by atoms with Gasteiger partial charge in [0.2, 0.25) is 15.9 Å². The molecular formula is C21H28N4O4S2. The average Bonchev–Trinajstić information content (AvgIpc) is 2.73. The van der Waals surface area contributed by atoms with Gasteiger partial charge >= 0.3 is 0 Å². The van der Waals surface area contributed by atoms with Crippen molar-refractivity contribution < 1.29 is 13.2 Å². The third-order valence-corrected chi connectivity index (χ3v) is 8.06. The van der Waals surface area contributed by atoms with Crippen LogP contribution in [0.1, 0.15) is 30.2 Å². The fourth-order valence-electron chi connectivity index (χ4n) is 3.46. The molecule has 0 atom stereocenters. The van der Waals surface area contributed by atoms with E-state index in [1.165, 1.54) is 22.1 Å². The van der Waals surface area contributed by atoms with Gasteiger partial charge in [-0.15, -0.1) is 0 Å². The predicted molar refractivity (Wildman–Crippen MR) is 121 cm³/mol. The lowest BCUT2D eigenvalue weighted by Crippen LogP contribution is -2.51. The molecule has 1 amide bonds. The third-order valence-electron chi connectivity index (χ3n) is 5.16. The fourth-order valence-corrected chi connectivity index (χ4v) is 5.99. The summed E-state index contributed by atoms with van der Waals surface area (Å²) in [6.07, 6.45) is 1.59. The molecule has 1 aliphatic rings. The number of carbonyl (C=O) groups excluding carboxylic acids is 1. The average molecular weight is 465 g/mol. The Morgan fingerprint density at radius 2 is 1.87 bits per heavy atom. The zero-order valence-corrected chi connectivity index (χ0v) is 19.7. The number of sulfonamides is 1. The zero-order chi connectivity index (χ0) is 22.6. The Morgan fingerprint density at radius 1 is 1.16 bits per heavy atom. The summed E-state index contributed by atoms with van der Waals surface area (Å²) in [5, 5.41) is 0.431. The molecule has 0 spiro atoms. The molecule has 1 aliphatic heterocycles. The maximum atomic E-state index is 13.0. The molecule has 1 N–H and O–H groups in total. The van der Waals surface area contributed by atoms with E-state index >= 15 is 0 Å². The van der Waals surface area contributed by atoms with Crippen molar-refractivity contribution in [2.75, 3.05) is 31.9 Å². The van der Waals surface area contributed by atoms with Crippen molar-refractivity contribution in [3.05, 3.63) is 51.4 Å². The van der Waals surface area contributed by atoms with Crippen molar-refractivity contribution in [2.24, 2.45) is 0 Å². The number of aryl methyl sites for hydroxylation is 3. The molecule has 1 saturated heterocycles. The summed E-state index contributed by atoms with van der Waals surface area (Å²) < 4.78 is 27.5. The minimum absolute atomic E-state index is 0.0997. The minimum atomic E-state index is -3.59. The number of aromatic amines is 1. The van der Waals surface area contributed by atoms with Crippen molar-refractivity contribution in [1.82, 2.24) is 19.2 Å². The fraction of sp³-hybridized carbons (Fsp3) is 0.476. The molecule has 168 valence electrons. The molecule has 0 bridgehead atoms. The predicted octanol–water partition coefficient (Wildman–Crippen LogP) is 1.96. The summed E-state index contributed by atoms with van der Waals surface area (Å²) in [5.74, 6) is 0.0414. The van der Waals surface area contributed by atoms with E-state index in [0.717, 1.165) is 12.0 Å². The van der Waals surface area contributed by atoms with E-state index in [4.69, 9.17) is 0 Å². The lowest BCUT2D eigenvalue weighted by Gasteiger charge is -2.34. The molecule has 0 aliphatic carbocycles. The highest BCUT2D eigenvalue weighted by Gasteiger charge is 2.31. The first-order valence-corrected chi connectivity index (χ1v) is 12.7. The third kappa shape index (κ3) is 5.75. The van der Waals surface area contributed by atoms with Gasteiger partial charge in [-0.2, -0.15) is 4.31 Å². The molecule has 2 aromatic rings. The van der Waals surface area contributed by atoms with Gasteiger partial charge in [0.05, 0.1) is 10.6 Å². The Labute approximate surface area is 187 Å². The van der Waals surface area contributed by atoms with Crippen LogP contribution in [-0.4, -0.2) is 65.4 Å². The van der Waals surface area contributed by atoms with Gasteiger partial charge < -0.3 is 9.88 Å². The molecule has 10 heteroatoms. The van der Waals surface area contributed by atoms with Gasteiger partial charge in [0.15, 0.2) is 5.16 Å². The summed E-state index contributed by atoms with van der Waals surface area (Å²) in [7, 11) is -3.59. The molecular weight excluding hydrogens is 436 g/mol. The van der Waals surface area contributed by atoms with Gasteiger partial charge in [0, 0.05) is 37.9 Å². The van der Waals surface area contributed by atoms with Gasteiger partial charge in [-0.1, -0.05) is 37.2 Å². The van der Waals surface area contributed by atoms with Gasteiger partial charge in [-0.05, 0) is 37.5 Å². The van der Waals surface area contributed by atoms with Crippen molar-refractivity contribution >= 4 is 27.7 Å². The SMILES string of the molecule is CCCc1cc(=O)[nH]c(SCC(=O)N2CCN(S(=O)(=O)c3cc(C)ccc3C)CC2)n1. The van der Waals surface area contributed by atoms with E-state index in [1.54, 1.807) is 17.9 Å². The molecule has 8 nitrogen and oxygen atoms in total. The molecule has 1 aromatic heterocycles. The molecule has 1 aromatic carbocycles. The summed E-state index contributed by atoms with van der Waals surface area (Å²) in [4.78, 5) is 33.4. The molecule has 1 fully saturated rings. The van der Waals surface area contributed by atoms with Crippen molar-refractivity contribution in [1.29, 1.82) is 0 Å². The Balaban J connectivity index is 1.59. The quantitative estimate of drug-likeness (QED) is 0.496. The monoisotopic (exact) mass is 464 g/mol. The highest BCUT2D eigenvalue weighted by atomic mass is 32.2. The standard InChI is InChI=1S/C21H28N4O4S2/c1-4-5-17-13-19(26)23-21(22-17)30-14-20(27)24-8-10-25(11-9-24)31(28,29)18-12-15(2)6-7-16(18)3/h6-7,12-13H,4-5,8-11,14H2,1-3H3,(H,22,23,26). The smallest absolute Gasteiger partial charge is 0.251 e. The Bertz CT molecular complexity index is 1110. The van der Waals surface area contributed by atoms with Crippen LogP contribution < -0.4 is 5.56 Å². The van der Waals surface area contributed by atoms with Crippen LogP contribution in [0.5, 0.6) is 0 Å². The zero-order valence-electron chi connectivity index (χ0n) is 18.1. The van der Waals surface area contributed by atoms with E-state index in [1.807, 2.05) is 26.0 Å². The Hall–Kier alpha value is -2.17. The molecule has 31 heavy (non-hydrogen) atoms. The van der Waals surface area contributed by atoms with E-state index in [2.05, 4.69) is 9.97 Å². The van der Waals surface area contributed by atoms with Crippen LogP contribution in [0.2, 0.25) is 0 Å². The summed E-state index contributed by atoms with van der Waals surface area (Å²) >= 11 is 1.19. The van der Waals surface area contributed by atoms with Gasteiger partial charge in [-0.25, -0.2) is 13.4 Å². The number of nitrogens with one attached hydrogen (secondary N) is 1. The number of rotatable bonds is 7. The number of thioether (sulfide) groups is 1. The number of carbonyl (C=O) groups is 1. The maximum Gasteiger partial charge on any atom is 0.251 e. The van der Waals surface area contributed by atoms with Gasteiger partial charge in [-0.3, -0.25) is 9.59 Å². The second kappa shape index (κ2) is 9.97. The van der Waals surface area contributed by atoms with Crippen molar-refractivity contribution in [2.45, 2.75) is 43.7 Å². The van der Waals surface area contributed by atoms with Crippen LogP contribution in [0, 0.1) is 13.8 Å². The highest BCUT2D eigenvalue weighted by Crippen LogP contribution is 2.23. The topological polar surface area (TPSA) is 103 Å². The number of piperazine rings is 1. The number of hydrogen-bond acceptors (Lipinski definition) is 6. The summed E-state index contributed by atoms with van der Waals surface area (Å²) in [6, 6.07) is 6.88. The molecule has 3 rings (SSSR count). The van der Waals surface area contributed by atoms with Crippen LogP contribution in [0.25, 0.3) is 0 Å². The Kier molecular flexibility index (Phi) is 7.55. The van der Waals surface area contributed by atoms with Crippen LogP contribution in [-0.2, 0) is 21.2 Å². The van der Waals surface area contributed by atoms with Crippen molar-refractivity contribution in [3.8, 4) is 0 Å². The second-order valence-corrected chi connectivity index (χ2v) is 10.5. The second-order valence-electron chi connectivity index (χ2n) is 7.63. The highest BCUT2D eigenvalue weighted by molar-refractivity contribution is 7.99. The maximum absolute atomic E-state index is 13.0. The van der Waals surface area contributed by atoms with Gasteiger partial charge in [0.25, 0.3) is 5.56 Å². The molecule has 0 unspecified atom stereocenters. The summed E-state index contributed by atoms with van der Waals surface area (Å²) in [5.41, 5.74) is 2.10. The number of nitrogens with zero attached hydrogens (tertiary/aromatic N) is 3. The number of hydrogen-bond donors (Lipinski definition) is 1. The van der Waals surface area contributed by atoms with E-state index in [0.29, 0.717) is 40.8 Å². The number of aromatic nitrogens is 2. The van der Waals surface area contributed by atoms with Crippen LogP contribution >= 0.6 is 11.8 Å². The van der Waals surface area contributed by atoms with E-state index in [9.17, 15) is 18.0 Å². The number of amides is 1. The van der Waals surface area contributed by atoms with Gasteiger partial charge in [0.1, 0.15) is 0 Å². The van der Waals surface area contributed by atoms with Crippen LogP contribution in [0.4, 0.5) is 0 Å². The molecule has 0 radical (unpaired) electrons. The normalized spacial score (nSPS) is 15.3. The van der Waals surface area contributed by atoms with E-state index in [-0.39, 0.29) is 30.3 Å². The minimum Gasteiger partial charge on any atom is -0.339 e. The molecule has 2 heterocycles. The van der Waals surface area contributed by atoms with Crippen molar-refractivity contribution in [3.63, 3.8) is 0 Å². The van der Waals surface area contributed by atoms with E-state index < -0.39 is 10.0 Å². The van der Waals surface area contributed by atoms with Crippen LogP contribution in [0.15, 0.2) is 39.1 Å². The molecule has 0 saturated carbocycles. The number of benzene rings is 1.